The lowest BCUT2D eigenvalue weighted by atomic mass is 10.2. The summed E-state index contributed by atoms with van der Waals surface area (Å²) in [6.07, 6.45) is 3.36. The number of amides is 1. The number of hydrogen-bond acceptors (Lipinski definition) is 5. The highest BCUT2D eigenvalue weighted by Gasteiger charge is 2.34. The van der Waals surface area contributed by atoms with Gasteiger partial charge in [-0.3, -0.25) is 4.79 Å². The normalized spacial score (nSPS) is 18.0. The van der Waals surface area contributed by atoms with E-state index in [2.05, 4.69) is 14.9 Å². The van der Waals surface area contributed by atoms with Crippen LogP contribution < -0.4 is 4.90 Å². The molecule has 0 spiro atoms. The van der Waals surface area contributed by atoms with Crippen molar-refractivity contribution in [2.75, 3.05) is 25.5 Å². The Bertz CT molecular complexity index is 887. The van der Waals surface area contributed by atoms with Crippen molar-refractivity contribution in [2.45, 2.75) is 18.9 Å². The summed E-state index contributed by atoms with van der Waals surface area (Å²) >= 11 is 0. The van der Waals surface area contributed by atoms with E-state index in [0.717, 1.165) is 35.9 Å². The van der Waals surface area contributed by atoms with Crippen LogP contribution in [-0.4, -0.2) is 47.5 Å². The minimum absolute atomic E-state index is 0.102. The maximum absolute atomic E-state index is 12.4. The van der Waals surface area contributed by atoms with Gasteiger partial charge in [-0.15, -0.1) is 0 Å². The van der Waals surface area contributed by atoms with Gasteiger partial charge in [0, 0.05) is 26.0 Å². The fraction of sp³-hybridized carbons (Fsp3) is 0.353. The first kappa shape index (κ1) is 14.0. The molecule has 6 nitrogen and oxygen atoms in total. The second kappa shape index (κ2) is 5.22. The SMILES string of the molecule is CN(C)C(=O)C1CCCN1c1ncnc2c1oc1ccccc12. The zero-order valence-electron chi connectivity index (χ0n) is 13.2. The van der Waals surface area contributed by atoms with E-state index in [4.69, 9.17) is 4.42 Å². The van der Waals surface area contributed by atoms with E-state index >= 15 is 0 Å². The van der Waals surface area contributed by atoms with Crippen molar-refractivity contribution in [2.24, 2.45) is 0 Å². The Balaban J connectivity index is 1.86. The average Bonchev–Trinajstić information content (AvgIpc) is 3.18. The Morgan fingerprint density at radius 2 is 2.13 bits per heavy atom. The molecule has 118 valence electrons. The average molecular weight is 310 g/mol. The highest BCUT2D eigenvalue weighted by Crippen LogP contribution is 2.35. The van der Waals surface area contributed by atoms with Gasteiger partial charge >= 0.3 is 0 Å². The first-order valence-electron chi connectivity index (χ1n) is 7.77. The molecule has 1 saturated heterocycles. The Morgan fingerprint density at radius 3 is 2.96 bits per heavy atom. The number of anilines is 1. The second-order valence-corrected chi connectivity index (χ2v) is 6.06. The van der Waals surface area contributed by atoms with E-state index in [1.165, 1.54) is 0 Å². The van der Waals surface area contributed by atoms with Crippen LogP contribution in [0.3, 0.4) is 0 Å². The van der Waals surface area contributed by atoms with Crippen molar-refractivity contribution in [3.05, 3.63) is 30.6 Å². The molecule has 0 aliphatic carbocycles. The summed E-state index contributed by atoms with van der Waals surface area (Å²) in [6, 6.07) is 7.63. The predicted molar refractivity (Wildman–Crippen MR) is 88.4 cm³/mol. The van der Waals surface area contributed by atoms with Crippen molar-refractivity contribution in [1.82, 2.24) is 14.9 Å². The van der Waals surface area contributed by atoms with Gasteiger partial charge in [0.15, 0.2) is 11.4 Å². The standard InChI is InChI=1S/C17H18N4O2/c1-20(2)17(22)12-7-5-9-21(12)16-15-14(18-10-19-16)11-6-3-4-8-13(11)23-15/h3-4,6,8,10,12H,5,7,9H2,1-2H3. The summed E-state index contributed by atoms with van der Waals surface area (Å²) in [7, 11) is 3.57. The zero-order valence-corrected chi connectivity index (χ0v) is 13.2. The smallest absolute Gasteiger partial charge is 0.244 e. The van der Waals surface area contributed by atoms with Gasteiger partial charge in [-0.1, -0.05) is 12.1 Å². The van der Waals surface area contributed by atoms with Gasteiger partial charge in [-0.05, 0) is 25.0 Å². The lowest BCUT2D eigenvalue weighted by molar-refractivity contribution is -0.129. The van der Waals surface area contributed by atoms with Gasteiger partial charge in [0.25, 0.3) is 0 Å². The van der Waals surface area contributed by atoms with E-state index in [1.807, 2.05) is 24.3 Å². The number of aromatic nitrogens is 2. The molecule has 1 aromatic carbocycles. The van der Waals surface area contributed by atoms with Crippen LogP contribution in [0.4, 0.5) is 5.82 Å². The number of para-hydroxylation sites is 1. The molecule has 6 heteroatoms. The molecule has 4 rings (SSSR count). The minimum Gasteiger partial charge on any atom is -0.450 e. The number of rotatable bonds is 2. The number of furan rings is 1. The first-order valence-corrected chi connectivity index (χ1v) is 7.77. The van der Waals surface area contributed by atoms with Crippen LogP contribution in [0.25, 0.3) is 22.1 Å². The lowest BCUT2D eigenvalue weighted by Crippen LogP contribution is -2.43. The van der Waals surface area contributed by atoms with Crippen molar-refractivity contribution in [3.63, 3.8) is 0 Å². The Morgan fingerprint density at radius 1 is 1.30 bits per heavy atom. The van der Waals surface area contributed by atoms with Crippen LogP contribution >= 0.6 is 0 Å². The quantitative estimate of drug-likeness (QED) is 0.727. The summed E-state index contributed by atoms with van der Waals surface area (Å²) < 4.78 is 5.99. The highest BCUT2D eigenvalue weighted by atomic mass is 16.3. The van der Waals surface area contributed by atoms with Crippen LogP contribution in [0, 0.1) is 0 Å². The van der Waals surface area contributed by atoms with Crippen LogP contribution in [-0.2, 0) is 4.79 Å². The number of likely N-dealkylation sites (N-methyl/N-ethyl adjacent to an activating group) is 1. The van der Waals surface area contributed by atoms with E-state index in [0.29, 0.717) is 11.4 Å². The van der Waals surface area contributed by atoms with Crippen LogP contribution in [0.1, 0.15) is 12.8 Å². The molecule has 0 radical (unpaired) electrons. The van der Waals surface area contributed by atoms with Gasteiger partial charge in [0.05, 0.1) is 0 Å². The summed E-state index contributed by atoms with van der Waals surface area (Å²) in [5.74, 6) is 0.814. The molecular weight excluding hydrogens is 292 g/mol. The highest BCUT2D eigenvalue weighted by molar-refractivity contribution is 6.06. The van der Waals surface area contributed by atoms with E-state index in [1.54, 1.807) is 25.3 Å². The van der Waals surface area contributed by atoms with Gasteiger partial charge < -0.3 is 14.2 Å². The molecule has 1 aliphatic heterocycles. The minimum atomic E-state index is -0.184. The third kappa shape index (κ3) is 2.13. The number of benzene rings is 1. The van der Waals surface area contributed by atoms with Gasteiger partial charge in [0.2, 0.25) is 5.91 Å². The maximum Gasteiger partial charge on any atom is 0.244 e. The molecule has 1 aliphatic rings. The van der Waals surface area contributed by atoms with Crippen LogP contribution in [0.5, 0.6) is 0 Å². The Labute approximate surface area is 133 Å². The number of hydrogen-bond donors (Lipinski definition) is 0. The van der Waals surface area contributed by atoms with Crippen molar-refractivity contribution >= 4 is 33.8 Å². The second-order valence-electron chi connectivity index (χ2n) is 6.06. The summed E-state index contributed by atoms with van der Waals surface area (Å²) in [4.78, 5) is 24.9. The van der Waals surface area contributed by atoms with Gasteiger partial charge in [-0.2, -0.15) is 0 Å². The summed E-state index contributed by atoms with van der Waals surface area (Å²) in [6.45, 7) is 0.799. The van der Waals surface area contributed by atoms with E-state index < -0.39 is 0 Å². The molecular formula is C17H18N4O2. The fourth-order valence-corrected chi connectivity index (χ4v) is 3.29. The zero-order chi connectivity index (χ0) is 16.0. The monoisotopic (exact) mass is 310 g/mol. The van der Waals surface area contributed by atoms with Crippen LogP contribution in [0.2, 0.25) is 0 Å². The number of nitrogens with zero attached hydrogens (tertiary/aromatic N) is 4. The van der Waals surface area contributed by atoms with Crippen molar-refractivity contribution < 1.29 is 9.21 Å². The van der Waals surface area contributed by atoms with Crippen LogP contribution in [0.15, 0.2) is 35.0 Å². The number of fused-ring (bicyclic) bond motifs is 3. The molecule has 0 bridgehead atoms. The van der Waals surface area contributed by atoms with E-state index in [9.17, 15) is 4.79 Å². The molecule has 1 amide bonds. The van der Waals surface area contributed by atoms with Gasteiger partial charge in [-0.25, -0.2) is 9.97 Å². The Hall–Kier alpha value is -2.63. The molecule has 2 aromatic heterocycles. The maximum atomic E-state index is 12.4. The lowest BCUT2D eigenvalue weighted by Gasteiger charge is -2.26. The number of carbonyl (C=O) groups is 1. The molecule has 1 unspecified atom stereocenters. The molecule has 1 fully saturated rings. The fourth-order valence-electron chi connectivity index (χ4n) is 3.29. The summed E-state index contributed by atoms with van der Waals surface area (Å²) in [5, 5.41) is 0.973. The van der Waals surface area contributed by atoms with Gasteiger partial charge in [0.1, 0.15) is 23.5 Å². The molecule has 0 N–H and O–H groups in total. The molecule has 3 aromatic rings. The third-order valence-corrected chi connectivity index (χ3v) is 4.39. The topological polar surface area (TPSA) is 62.5 Å². The Kier molecular flexibility index (Phi) is 3.18. The molecule has 23 heavy (non-hydrogen) atoms. The van der Waals surface area contributed by atoms with Crippen molar-refractivity contribution in [3.8, 4) is 0 Å². The molecule has 1 atom stereocenters. The van der Waals surface area contributed by atoms with E-state index in [-0.39, 0.29) is 11.9 Å². The first-order chi connectivity index (χ1) is 11.2. The molecule has 3 heterocycles. The predicted octanol–water partition coefficient (Wildman–Crippen LogP) is 2.43. The third-order valence-electron chi connectivity index (χ3n) is 4.39. The number of carbonyl (C=O) groups excluding carboxylic acids is 1. The molecule has 0 saturated carbocycles. The largest absolute Gasteiger partial charge is 0.450 e. The summed E-state index contributed by atoms with van der Waals surface area (Å²) in [5.41, 5.74) is 2.25. The van der Waals surface area contributed by atoms with Crippen molar-refractivity contribution in [1.29, 1.82) is 0 Å².